The molecule has 0 amide bonds. The molecule has 0 aliphatic heterocycles. The van der Waals surface area contributed by atoms with Crippen molar-refractivity contribution in [1.82, 2.24) is 0 Å². The largest absolute Gasteiger partial charge is 0.309 e. The second-order valence-electron chi connectivity index (χ2n) is 11.8. The van der Waals surface area contributed by atoms with Crippen LogP contribution in [0.2, 0.25) is 0 Å². The second-order valence-corrected chi connectivity index (χ2v) is 12.8. The molecule has 0 saturated heterocycles. The topological polar surface area (TPSA) is 3.24 Å². The first-order valence-corrected chi connectivity index (χ1v) is 16.5. The molecule has 0 fully saturated rings. The lowest BCUT2D eigenvalue weighted by molar-refractivity contribution is 1.30. The first-order valence-electron chi connectivity index (χ1n) is 15.7. The summed E-state index contributed by atoms with van der Waals surface area (Å²) in [5, 5.41) is 7.70. The number of thiophene rings is 1. The summed E-state index contributed by atoms with van der Waals surface area (Å²) in [6, 6.07) is 63.9. The van der Waals surface area contributed by atoms with Gasteiger partial charge >= 0.3 is 0 Å². The van der Waals surface area contributed by atoms with E-state index in [1.165, 1.54) is 69.7 Å². The highest BCUT2D eigenvalue weighted by molar-refractivity contribution is 7.27. The SMILES string of the molecule is c1ccc(-c2ccc(N(c3cccc(-c4ccc5ccccc5c4)c3)c3cccc4c3sc3c5ccccc5ccc43)cc2)cc1. The van der Waals surface area contributed by atoms with E-state index in [1.54, 1.807) is 0 Å². The molecule has 46 heavy (non-hydrogen) atoms. The predicted molar refractivity (Wildman–Crippen MR) is 200 cm³/mol. The van der Waals surface area contributed by atoms with Gasteiger partial charge in [-0.1, -0.05) is 140 Å². The fourth-order valence-corrected chi connectivity index (χ4v) is 8.08. The summed E-state index contributed by atoms with van der Waals surface area (Å²) >= 11 is 1.90. The van der Waals surface area contributed by atoms with E-state index in [4.69, 9.17) is 0 Å². The van der Waals surface area contributed by atoms with Gasteiger partial charge in [-0.3, -0.25) is 0 Å². The van der Waals surface area contributed by atoms with Gasteiger partial charge in [0.1, 0.15) is 0 Å². The van der Waals surface area contributed by atoms with Gasteiger partial charge in [-0.15, -0.1) is 11.3 Å². The fourth-order valence-electron chi connectivity index (χ4n) is 6.74. The van der Waals surface area contributed by atoms with E-state index >= 15 is 0 Å². The van der Waals surface area contributed by atoms with Crippen LogP contribution < -0.4 is 4.90 Å². The van der Waals surface area contributed by atoms with E-state index in [2.05, 4.69) is 181 Å². The Morgan fingerprint density at radius 2 is 0.935 bits per heavy atom. The van der Waals surface area contributed by atoms with Gasteiger partial charge in [0.25, 0.3) is 0 Å². The zero-order chi connectivity index (χ0) is 30.5. The molecule has 0 radical (unpaired) electrons. The number of anilines is 3. The first-order chi connectivity index (χ1) is 22.8. The first kappa shape index (κ1) is 26.7. The Kier molecular flexibility index (Phi) is 6.40. The lowest BCUT2D eigenvalue weighted by Gasteiger charge is -2.27. The van der Waals surface area contributed by atoms with E-state index in [-0.39, 0.29) is 0 Å². The van der Waals surface area contributed by atoms with Crippen molar-refractivity contribution in [2.75, 3.05) is 4.90 Å². The Morgan fingerprint density at radius 1 is 0.326 bits per heavy atom. The molecule has 1 aromatic heterocycles. The number of rotatable bonds is 5. The van der Waals surface area contributed by atoms with E-state index in [0.717, 1.165) is 11.4 Å². The molecule has 0 N–H and O–H groups in total. The molecule has 1 heterocycles. The predicted octanol–water partition coefficient (Wildman–Crippen LogP) is 13.2. The number of hydrogen-bond acceptors (Lipinski definition) is 2. The number of nitrogens with zero attached hydrogens (tertiary/aromatic N) is 1. The molecule has 0 spiro atoms. The van der Waals surface area contributed by atoms with Crippen LogP contribution in [0.5, 0.6) is 0 Å². The van der Waals surface area contributed by atoms with Crippen molar-refractivity contribution in [2.45, 2.75) is 0 Å². The number of hydrogen-bond donors (Lipinski definition) is 0. The molecule has 0 saturated carbocycles. The van der Waals surface area contributed by atoms with Gasteiger partial charge in [0.2, 0.25) is 0 Å². The van der Waals surface area contributed by atoms with Crippen LogP contribution in [0.3, 0.4) is 0 Å². The molecule has 0 bridgehead atoms. The lowest BCUT2D eigenvalue weighted by atomic mass is 10.00. The second kappa shape index (κ2) is 11.0. The van der Waals surface area contributed by atoms with Gasteiger partial charge in [-0.2, -0.15) is 0 Å². The van der Waals surface area contributed by atoms with Crippen LogP contribution in [-0.4, -0.2) is 0 Å². The minimum atomic E-state index is 1.13. The number of fused-ring (bicyclic) bond motifs is 6. The summed E-state index contributed by atoms with van der Waals surface area (Å²) in [6.45, 7) is 0. The monoisotopic (exact) mass is 603 g/mol. The molecule has 1 nitrogen and oxygen atoms in total. The van der Waals surface area contributed by atoms with Crippen LogP contribution in [0, 0.1) is 0 Å². The van der Waals surface area contributed by atoms with Crippen LogP contribution in [0.25, 0.3) is 64.0 Å². The summed E-state index contributed by atoms with van der Waals surface area (Å²) < 4.78 is 2.63. The zero-order valence-electron chi connectivity index (χ0n) is 25.1. The standard InChI is InChI=1S/C44H29NS/c1-2-10-30(11-3-1)32-22-25-37(26-23-32)45(38-16-8-15-35(29-38)36-21-20-31-12-4-5-14-34(31)28-36)42-19-9-18-40-41-27-24-33-13-6-7-17-39(33)43(41)46-44(40)42/h1-29H. The molecule has 216 valence electrons. The molecule has 0 aliphatic carbocycles. The van der Waals surface area contributed by atoms with Crippen molar-refractivity contribution in [2.24, 2.45) is 0 Å². The van der Waals surface area contributed by atoms with Gasteiger partial charge in [-0.05, 0) is 80.2 Å². The van der Waals surface area contributed by atoms with E-state index in [0.29, 0.717) is 0 Å². The highest BCUT2D eigenvalue weighted by atomic mass is 32.1. The molecule has 9 aromatic rings. The third-order valence-electron chi connectivity index (χ3n) is 9.03. The van der Waals surface area contributed by atoms with E-state index in [1.807, 2.05) is 11.3 Å². The molecule has 0 atom stereocenters. The summed E-state index contributed by atoms with van der Waals surface area (Å²) in [7, 11) is 0. The fraction of sp³-hybridized carbons (Fsp3) is 0. The molecule has 8 aromatic carbocycles. The molecular weight excluding hydrogens is 575 g/mol. The minimum Gasteiger partial charge on any atom is -0.309 e. The summed E-state index contributed by atoms with van der Waals surface area (Å²) in [6.07, 6.45) is 0. The van der Waals surface area contributed by atoms with Crippen molar-refractivity contribution in [1.29, 1.82) is 0 Å². The van der Waals surface area contributed by atoms with Crippen LogP contribution in [0.15, 0.2) is 176 Å². The Morgan fingerprint density at radius 3 is 1.80 bits per heavy atom. The Balaban J connectivity index is 1.25. The van der Waals surface area contributed by atoms with Gasteiger partial charge in [0.05, 0.1) is 10.4 Å². The van der Waals surface area contributed by atoms with E-state index in [9.17, 15) is 0 Å². The van der Waals surface area contributed by atoms with Crippen LogP contribution in [0.1, 0.15) is 0 Å². The molecule has 2 heteroatoms. The normalized spacial score (nSPS) is 11.5. The third-order valence-corrected chi connectivity index (χ3v) is 10.3. The Hall–Kier alpha value is -5.70. The van der Waals surface area contributed by atoms with Gasteiger partial charge in [0, 0.05) is 26.8 Å². The summed E-state index contributed by atoms with van der Waals surface area (Å²) in [5.41, 5.74) is 8.29. The summed E-state index contributed by atoms with van der Waals surface area (Å²) in [4.78, 5) is 2.43. The van der Waals surface area contributed by atoms with Crippen LogP contribution in [-0.2, 0) is 0 Å². The zero-order valence-corrected chi connectivity index (χ0v) is 25.9. The van der Waals surface area contributed by atoms with Crippen molar-refractivity contribution >= 4 is 70.1 Å². The average Bonchev–Trinajstić information content (AvgIpc) is 3.53. The Bertz CT molecular complexity index is 2530. The molecular formula is C44H29NS. The maximum Gasteiger partial charge on any atom is 0.0640 e. The van der Waals surface area contributed by atoms with Gasteiger partial charge < -0.3 is 4.90 Å². The van der Waals surface area contributed by atoms with Crippen molar-refractivity contribution in [3.05, 3.63) is 176 Å². The van der Waals surface area contributed by atoms with Gasteiger partial charge in [0.15, 0.2) is 0 Å². The van der Waals surface area contributed by atoms with Crippen molar-refractivity contribution in [3.63, 3.8) is 0 Å². The smallest absolute Gasteiger partial charge is 0.0640 e. The quantitative estimate of drug-likeness (QED) is 0.189. The Labute approximate surface area is 272 Å². The van der Waals surface area contributed by atoms with E-state index < -0.39 is 0 Å². The maximum absolute atomic E-state index is 2.43. The van der Waals surface area contributed by atoms with Crippen molar-refractivity contribution in [3.8, 4) is 22.3 Å². The minimum absolute atomic E-state index is 1.13. The van der Waals surface area contributed by atoms with Crippen LogP contribution in [0.4, 0.5) is 17.1 Å². The molecule has 9 rings (SSSR count). The average molecular weight is 604 g/mol. The lowest BCUT2D eigenvalue weighted by Crippen LogP contribution is -2.10. The van der Waals surface area contributed by atoms with Gasteiger partial charge in [-0.25, -0.2) is 0 Å². The molecule has 0 aliphatic rings. The van der Waals surface area contributed by atoms with Crippen molar-refractivity contribution < 1.29 is 0 Å². The summed E-state index contributed by atoms with van der Waals surface area (Å²) in [5.74, 6) is 0. The molecule has 0 unspecified atom stereocenters. The number of benzene rings is 8. The van der Waals surface area contributed by atoms with Crippen LogP contribution >= 0.6 is 11.3 Å². The third kappa shape index (κ3) is 4.54. The maximum atomic E-state index is 2.43. The highest BCUT2D eigenvalue weighted by Gasteiger charge is 2.19. The highest BCUT2D eigenvalue weighted by Crippen LogP contribution is 2.47.